The van der Waals surface area contributed by atoms with E-state index < -0.39 is 0 Å². The summed E-state index contributed by atoms with van der Waals surface area (Å²) in [6, 6.07) is 0. The number of nitrogens with one attached hydrogen (secondary N) is 1. The molecule has 0 aromatic carbocycles. The molecule has 94 valence electrons. The van der Waals surface area contributed by atoms with Crippen molar-refractivity contribution in [2.75, 3.05) is 38.7 Å². The van der Waals surface area contributed by atoms with Crippen molar-refractivity contribution in [3.8, 4) is 5.75 Å². The Morgan fingerprint density at radius 2 is 2.47 bits per heavy atom. The molecule has 5 heteroatoms. The summed E-state index contributed by atoms with van der Waals surface area (Å²) in [5.74, 6) is 2.29. The van der Waals surface area contributed by atoms with Gasteiger partial charge in [0.2, 0.25) is 0 Å². The van der Waals surface area contributed by atoms with Crippen LogP contribution in [0.5, 0.6) is 5.75 Å². The molecular formula is C12H20N4O. The molecule has 1 fully saturated rings. The summed E-state index contributed by atoms with van der Waals surface area (Å²) in [5.41, 5.74) is 0. The highest BCUT2D eigenvalue weighted by Gasteiger charge is 2.17. The second kappa shape index (κ2) is 5.82. The van der Waals surface area contributed by atoms with Crippen LogP contribution in [-0.2, 0) is 0 Å². The Hall–Kier alpha value is -1.36. The van der Waals surface area contributed by atoms with Gasteiger partial charge in [0.1, 0.15) is 6.33 Å². The number of piperidine rings is 1. The lowest BCUT2D eigenvalue weighted by Gasteiger charge is -2.28. The van der Waals surface area contributed by atoms with Gasteiger partial charge in [0, 0.05) is 13.6 Å². The highest BCUT2D eigenvalue weighted by atomic mass is 16.5. The summed E-state index contributed by atoms with van der Waals surface area (Å²) >= 11 is 0. The third-order valence-electron chi connectivity index (χ3n) is 3.17. The van der Waals surface area contributed by atoms with Crippen LogP contribution in [0.1, 0.15) is 12.8 Å². The van der Waals surface area contributed by atoms with Gasteiger partial charge in [-0.05, 0) is 31.8 Å². The molecule has 0 saturated carbocycles. The normalized spacial score (nSPS) is 20.0. The lowest BCUT2D eigenvalue weighted by atomic mass is 9.99. The molecule has 1 N–H and O–H groups in total. The quantitative estimate of drug-likeness (QED) is 0.842. The molecule has 1 saturated heterocycles. The van der Waals surface area contributed by atoms with E-state index in [2.05, 4.69) is 27.2 Å². The Kier molecular flexibility index (Phi) is 4.14. The molecule has 1 aromatic rings. The molecule has 1 aromatic heterocycles. The van der Waals surface area contributed by atoms with Gasteiger partial charge in [0.05, 0.1) is 13.3 Å². The Morgan fingerprint density at radius 1 is 1.59 bits per heavy atom. The van der Waals surface area contributed by atoms with Crippen LogP contribution in [0.3, 0.4) is 0 Å². The molecule has 0 radical (unpaired) electrons. The Bertz CT molecular complexity index is 352. The van der Waals surface area contributed by atoms with Gasteiger partial charge in [-0.15, -0.1) is 0 Å². The van der Waals surface area contributed by atoms with E-state index in [1.807, 2.05) is 0 Å². The maximum Gasteiger partial charge on any atom is 0.179 e. The third-order valence-corrected chi connectivity index (χ3v) is 3.17. The monoisotopic (exact) mass is 236 g/mol. The van der Waals surface area contributed by atoms with E-state index in [1.165, 1.54) is 12.8 Å². The molecule has 0 spiro atoms. The van der Waals surface area contributed by atoms with Crippen LogP contribution in [0.25, 0.3) is 0 Å². The van der Waals surface area contributed by atoms with Crippen molar-refractivity contribution in [2.24, 2.45) is 5.92 Å². The molecule has 17 heavy (non-hydrogen) atoms. The molecular weight excluding hydrogens is 216 g/mol. The lowest BCUT2D eigenvalue weighted by molar-refractivity contribution is 0.376. The Morgan fingerprint density at radius 3 is 3.18 bits per heavy atom. The largest absolute Gasteiger partial charge is 0.491 e. The number of rotatable bonds is 4. The molecule has 1 atom stereocenters. The molecule has 1 aliphatic rings. The van der Waals surface area contributed by atoms with Crippen LogP contribution in [0, 0.1) is 5.92 Å². The van der Waals surface area contributed by atoms with Gasteiger partial charge in [-0.25, -0.2) is 9.97 Å². The summed E-state index contributed by atoms with van der Waals surface area (Å²) < 4.78 is 5.27. The lowest BCUT2D eigenvalue weighted by Crippen LogP contribution is -2.37. The van der Waals surface area contributed by atoms with Crippen LogP contribution in [-0.4, -0.2) is 43.8 Å². The fraction of sp³-hybridized carbons (Fsp3) is 0.667. The summed E-state index contributed by atoms with van der Waals surface area (Å²) in [6.45, 7) is 3.25. The van der Waals surface area contributed by atoms with E-state index in [4.69, 9.17) is 4.74 Å². The van der Waals surface area contributed by atoms with Gasteiger partial charge in [-0.3, -0.25) is 0 Å². The Balaban J connectivity index is 2.00. The predicted octanol–water partition coefficient (Wildman–Crippen LogP) is 0.921. The zero-order valence-corrected chi connectivity index (χ0v) is 10.5. The highest BCUT2D eigenvalue weighted by molar-refractivity contribution is 5.49. The van der Waals surface area contributed by atoms with E-state index in [1.54, 1.807) is 19.6 Å². The number of hydrogen-bond acceptors (Lipinski definition) is 5. The number of aromatic nitrogens is 2. The summed E-state index contributed by atoms with van der Waals surface area (Å²) in [4.78, 5) is 10.4. The average molecular weight is 236 g/mol. The predicted molar refractivity (Wildman–Crippen MR) is 67.4 cm³/mol. The highest BCUT2D eigenvalue weighted by Crippen LogP contribution is 2.24. The van der Waals surface area contributed by atoms with Gasteiger partial charge >= 0.3 is 0 Å². The SMILES string of the molecule is COc1cncnc1N(C)CC1CCCNC1. The van der Waals surface area contributed by atoms with E-state index in [-0.39, 0.29) is 0 Å². The first-order chi connectivity index (χ1) is 8.31. The number of ether oxygens (including phenoxy) is 1. The second-order valence-corrected chi connectivity index (χ2v) is 4.51. The van der Waals surface area contributed by atoms with Gasteiger partial charge in [-0.1, -0.05) is 0 Å². The van der Waals surface area contributed by atoms with Gasteiger partial charge in [0.25, 0.3) is 0 Å². The minimum Gasteiger partial charge on any atom is -0.491 e. The van der Waals surface area contributed by atoms with Gasteiger partial charge in [0.15, 0.2) is 11.6 Å². The van der Waals surface area contributed by atoms with Crippen molar-refractivity contribution >= 4 is 5.82 Å². The van der Waals surface area contributed by atoms with Gasteiger partial charge in [-0.2, -0.15) is 0 Å². The maximum absolute atomic E-state index is 5.27. The van der Waals surface area contributed by atoms with Crippen molar-refractivity contribution in [3.05, 3.63) is 12.5 Å². The topological polar surface area (TPSA) is 50.3 Å². The van der Waals surface area contributed by atoms with E-state index in [0.29, 0.717) is 5.92 Å². The molecule has 0 amide bonds. The van der Waals surface area contributed by atoms with E-state index in [9.17, 15) is 0 Å². The number of anilines is 1. The number of hydrogen-bond donors (Lipinski definition) is 1. The average Bonchev–Trinajstić information content (AvgIpc) is 2.40. The molecule has 0 aliphatic carbocycles. The minimum absolute atomic E-state index is 0.688. The van der Waals surface area contributed by atoms with Gasteiger partial charge < -0.3 is 15.0 Å². The third kappa shape index (κ3) is 3.06. The fourth-order valence-electron chi connectivity index (χ4n) is 2.29. The van der Waals surface area contributed by atoms with Crippen LogP contribution < -0.4 is 15.0 Å². The fourth-order valence-corrected chi connectivity index (χ4v) is 2.29. The van der Waals surface area contributed by atoms with Crippen molar-refractivity contribution in [2.45, 2.75) is 12.8 Å². The zero-order valence-electron chi connectivity index (χ0n) is 10.5. The maximum atomic E-state index is 5.27. The van der Waals surface area contributed by atoms with Crippen molar-refractivity contribution in [1.29, 1.82) is 0 Å². The van der Waals surface area contributed by atoms with Crippen molar-refractivity contribution < 1.29 is 4.74 Å². The zero-order chi connectivity index (χ0) is 12.1. The molecule has 2 rings (SSSR count). The summed E-state index contributed by atoms with van der Waals surface area (Å²) in [6.07, 6.45) is 5.82. The minimum atomic E-state index is 0.688. The van der Waals surface area contributed by atoms with Crippen molar-refractivity contribution in [1.82, 2.24) is 15.3 Å². The molecule has 1 aliphatic heterocycles. The second-order valence-electron chi connectivity index (χ2n) is 4.51. The first-order valence-corrected chi connectivity index (χ1v) is 6.07. The molecule has 5 nitrogen and oxygen atoms in total. The first-order valence-electron chi connectivity index (χ1n) is 6.07. The first kappa shape index (κ1) is 12.1. The van der Waals surface area contributed by atoms with Crippen LogP contribution >= 0.6 is 0 Å². The number of methoxy groups -OCH3 is 1. The van der Waals surface area contributed by atoms with E-state index in [0.717, 1.165) is 31.2 Å². The molecule has 2 heterocycles. The molecule has 1 unspecified atom stereocenters. The summed E-state index contributed by atoms with van der Waals surface area (Å²) in [5, 5.41) is 3.43. The smallest absolute Gasteiger partial charge is 0.179 e. The standard InChI is InChI=1S/C12H20N4O/c1-16(8-10-4-3-5-13-6-10)12-11(17-2)7-14-9-15-12/h7,9-10,13H,3-6,8H2,1-2H3. The Labute approximate surface area is 102 Å². The van der Waals surface area contributed by atoms with E-state index >= 15 is 0 Å². The van der Waals surface area contributed by atoms with Crippen LogP contribution in [0.4, 0.5) is 5.82 Å². The molecule has 0 bridgehead atoms. The van der Waals surface area contributed by atoms with Crippen molar-refractivity contribution in [3.63, 3.8) is 0 Å². The van der Waals surface area contributed by atoms with Crippen LogP contribution in [0.2, 0.25) is 0 Å². The number of nitrogens with zero attached hydrogens (tertiary/aromatic N) is 3. The summed E-state index contributed by atoms with van der Waals surface area (Å²) in [7, 11) is 3.71. The van der Waals surface area contributed by atoms with Crippen LogP contribution in [0.15, 0.2) is 12.5 Å².